The van der Waals surface area contributed by atoms with Crippen LogP contribution in [0.2, 0.25) is 0 Å². The van der Waals surface area contributed by atoms with E-state index in [-0.39, 0.29) is 0 Å². The molecule has 1 unspecified atom stereocenters. The molecule has 1 N–H and O–H groups in total. The van der Waals surface area contributed by atoms with Gasteiger partial charge in [-0.15, -0.1) is 11.3 Å². The highest BCUT2D eigenvalue weighted by Crippen LogP contribution is 2.31. The van der Waals surface area contributed by atoms with E-state index < -0.39 is 0 Å². The molecule has 0 saturated heterocycles. The van der Waals surface area contributed by atoms with Crippen LogP contribution in [-0.4, -0.2) is 0 Å². The maximum Gasteiger partial charge on any atom is 0.0578 e. The summed E-state index contributed by atoms with van der Waals surface area (Å²) in [5.74, 6) is 0. The second kappa shape index (κ2) is 6.22. The molecule has 1 nitrogen and oxygen atoms in total. The normalized spacial score (nSPS) is 12.4. The lowest BCUT2D eigenvalue weighted by molar-refractivity contribution is 0.906. The van der Waals surface area contributed by atoms with Gasteiger partial charge < -0.3 is 5.32 Å². The number of nitrogens with one attached hydrogen (secondary N) is 1. The third-order valence-corrected chi connectivity index (χ3v) is 5.36. The third kappa shape index (κ3) is 3.37. The van der Waals surface area contributed by atoms with Gasteiger partial charge in [-0.05, 0) is 59.6 Å². The van der Waals surface area contributed by atoms with Crippen LogP contribution in [0.3, 0.4) is 0 Å². The fourth-order valence-electron chi connectivity index (χ4n) is 1.73. The van der Waals surface area contributed by atoms with Crippen molar-refractivity contribution >= 4 is 48.9 Å². The van der Waals surface area contributed by atoms with E-state index in [0.717, 1.165) is 21.1 Å². The van der Waals surface area contributed by atoms with E-state index >= 15 is 0 Å². The van der Waals surface area contributed by atoms with Crippen LogP contribution in [0.1, 0.15) is 29.6 Å². The van der Waals surface area contributed by atoms with Gasteiger partial charge in [-0.25, -0.2) is 0 Å². The second-order valence-corrected chi connectivity index (χ2v) is 7.12. The molecule has 1 heterocycles. The molecule has 0 amide bonds. The molecule has 0 aliphatic carbocycles. The Bertz CT molecular complexity index is 536. The quantitative estimate of drug-likeness (QED) is 0.676. The van der Waals surface area contributed by atoms with E-state index in [1.807, 2.05) is 23.5 Å². The molecule has 0 radical (unpaired) electrons. The Morgan fingerprint density at radius 1 is 1.22 bits per heavy atom. The molecular weight excluding hydrogens is 374 g/mol. The highest BCUT2D eigenvalue weighted by atomic mass is 79.9. The van der Waals surface area contributed by atoms with Gasteiger partial charge in [-0.3, -0.25) is 0 Å². The molecule has 0 fully saturated rings. The largest absolute Gasteiger partial charge is 0.377 e. The van der Waals surface area contributed by atoms with Gasteiger partial charge in [0.1, 0.15) is 0 Å². The first-order valence-corrected chi connectivity index (χ1v) is 8.30. The van der Waals surface area contributed by atoms with Crippen molar-refractivity contribution in [1.29, 1.82) is 0 Å². The number of aryl methyl sites for hydroxylation is 1. The van der Waals surface area contributed by atoms with Crippen LogP contribution in [-0.2, 0) is 6.42 Å². The molecule has 2 aromatic rings. The molecule has 0 bridgehead atoms. The summed E-state index contributed by atoms with van der Waals surface area (Å²) in [4.78, 5) is 2.81. The summed E-state index contributed by atoms with van der Waals surface area (Å²) in [5, 5.41) is 3.54. The van der Waals surface area contributed by atoms with Crippen LogP contribution in [0, 0.1) is 0 Å². The Morgan fingerprint density at radius 2 is 2.00 bits per heavy atom. The molecule has 4 heteroatoms. The third-order valence-electron chi connectivity index (χ3n) is 2.76. The van der Waals surface area contributed by atoms with Crippen LogP contribution in [0.5, 0.6) is 0 Å². The van der Waals surface area contributed by atoms with Crippen molar-refractivity contribution in [2.24, 2.45) is 0 Å². The fraction of sp³-hybridized carbons (Fsp3) is 0.286. The summed E-state index contributed by atoms with van der Waals surface area (Å²) in [7, 11) is 0. The van der Waals surface area contributed by atoms with Crippen molar-refractivity contribution in [2.75, 3.05) is 5.32 Å². The van der Waals surface area contributed by atoms with Crippen LogP contribution < -0.4 is 5.32 Å². The Balaban J connectivity index is 2.15. The maximum absolute atomic E-state index is 3.57. The van der Waals surface area contributed by atoms with Gasteiger partial charge in [0.05, 0.1) is 11.7 Å². The molecular formula is C14H15Br2NS. The SMILES string of the molecule is CCc1ccc(C(C)Nc2cc(Br)ccc2Br)s1. The van der Waals surface area contributed by atoms with Crippen molar-refractivity contribution in [3.63, 3.8) is 0 Å². The van der Waals surface area contributed by atoms with Crippen molar-refractivity contribution in [2.45, 2.75) is 26.3 Å². The predicted octanol–water partition coefficient (Wildman–Crippen LogP) is 6.01. The second-order valence-electron chi connectivity index (χ2n) is 4.15. The average molecular weight is 389 g/mol. The van der Waals surface area contributed by atoms with E-state index in [0.29, 0.717) is 6.04 Å². The summed E-state index contributed by atoms with van der Waals surface area (Å²) >= 11 is 8.95. The Hall–Kier alpha value is -0.320. The lowest BCUT2D eigenvalue weighted by atomic mass is 10.2. The van der Waals surface area contributed by atoms with Gasteiger partial charge in [0.2, 0.25) is 0 Å². The molecule has 1 aromatic heterocycles. The van der Waals surface area contributed by atoms with Gasteiger partial charge in [0.15, 0.2) is 0 Å². The minimum Gasteiger partial charge on any atom is -0.377 e. The predicted molar refractivity (Wildman–Crippen MR) is 87.6 cm³/mol. The van der Waals surface area contributed by atoms with E-state index in [1.54, 1.807) is 0 Å². The zero-order valence-corrected chi connectivity index (χ0v) is 14.3. The van der Waals surface area contributed by atoms with Gasteiger partial charge in [0.25, 0.3) is 0 Å². The lowest BCUT2D eigenvalue weighted by Gasteiger charge is -2.15. The van der Waals surface area contributed by atoms with Crippen molar-refractivity contribution in [3.8, 4) is 0 Å². The van der Waals surface area contributed by atoms with E-state index in [4.69, 9.17) is 0 Å². The van der Waals surface area contributed by atoms with Gasteiger partial charge in [-0.1, -0.05) is 22.9 Å². The summed E-state index contributed by atoms with van der Waals surface area (Å²) in [6.07, 6.45) is 1.11. The van der Waals surface area contributed by atoms with Crippen LogP contribution in [0.25, 0.3) is 0 Å². The molecule has 0 spiro atoms. The Kier molecular flexibility index (Phi) is 4.87. The number of thiophene rings is 1. The first-order valence-electron chi connectivity index (χ1n) is 5.90. The number of anilines is 1. The van der Waals surface area contributed by atoms with Crippen molar-refractivity contribution in [1.82, 2.24) is 0 Å². The minimum atomic E-state index is 0.320. The summed E-state index contributed by atoms with van der Waals surface area (Å²) in [6, 6.07) is 10.9. The summed E-state index contributed by atoms with van der Waals surface area (Å²) in [5.41, 5.74) is 1.11. The van der Waals surface area contributed by atoms with Gasteiger partial charge in [0, 0.05) is 18.7 Å². The first kappa shape index (κ1) is 14.1. The first-order chi connectivity index (χ1) is 8.60. The highest BCUT2D eigenvalue weighted by molar-refractivity contribution is 9.11. The Labute approximate surface area is 129 Å². The molecule has 2 rings (SSSR count). The van der Waals surface area contributed by atoms with Crippen LogP contribution in [0.4, 0.5) is 5.69 Å². The minimum absolute atomic E-state index is 0.320. The molecule has 18 heavy (non-hydrogen) atoms. The van der Waals surface area contributed by atoms with Crippen LogP contribution in [0.15, 0.2) is 39.3 Å². The van der Waals surface area contributed by atoms with E-state index in [2.05, 4.69) is 69.2 Å². The lowest BCUT2D eigenvalue weighted by Crippen LogP contribution is -2.05. The molecule has 0 saturated carbocycles. The number of hydrogen-bond acceptors (Lipinski definition) is 2. The molecule has 96 valence electrons. The van der Waals surface area contributed by atoms with Gasteiger partial charge >= 0.3 is 0 Å². The zero-order chi connectivity index (χ0) is 13.1. The number of halogens is 2. The Morgan fingerprint density at radius 3 is 2.67 bits per heavy atom. The van der Waals surface area contributed by atoms with E-state index in [9.17, 15) is 0 Å². The molecule has 1 atom stereocenters. The highest BCUT2D eigenvalue weighted by Gasteiger charge is 2.10. The molecule has 0 aliphatic rings. The monoisotopic (exact) mass is 387 g/mol. The number of rotatable bonds is 4. The van der Waals surface area contributed by atoms with E-state index in [1.165, 1.54) is 9.75 Å². The number of hydrogen-bond donors (Lipinski definition) is 1. The maximum atomic E-state index is 3.57. The molecule has 0 aliphatic heterocycles. The average Bonchev–Trinajstić information content (AvgIpc) is 2.82. The zero-order valence-electron chi connectivity index (χ0n) is 10.3. The summed E-state index contributed by atoms with van der Waals surface area (Å²) < 4.78 is 2.17. The van der Waals surface area contributed by atoms with Crippen molar-refractivity contribution < 1.29 is 0 Å². The van der Waals surface area contributed by atoms with Gasteiger partial charge in [-0.2, -0.15) is 0 Å². The summed E-state index contributed by atoms with van der Waals surface area (Å²) in [6.45, 7) is 4.39. The van der Waals surface area contributed by atoms with Crippen molar-refractivity contribution in [3.05, 3.63) is 49.0 Å². The van der Waals surface area contributed by atoms with Crippen LogP contribution >= 0.6 is 43.2 Å². The molecule has 1 aromatic carbocycles. The number of benzene rings is 1. The standard InChI is InChI=1S/C14H15Br2NS/c1-3-11-5-7-14(18-11)9(2)17-13-8-10(15)4-6-12(13)16/h4-9,17H,3H2,1-2H3. The fourth-order valence-corrected chi connectivity index (χ4v) is 3.41. The topological polar surface area (TPSA) is 12.0 Å². The smallest absolute Gasteiger partial charge is 0.0578 e.